The van der Waals surface area contributed by atoms with Gasteiger partial charge >= 0.3 is 5.97 Å². The molecule has 0 radical (unpaired) electrons. The topological polar surface area (TPSA) is 67.8 Å². The van der Waals surface area contributed by atoms with Crippen LogP contribution in [-0.4, -0.2) is 37.4 Å². The normalized spacial score (nSPS) is 14.2. The maximum atomic E-state index is 13.4. The number of carboxylic acid groups (broad SMARTS) is 1. The number of hydrogen-bond donors (Lipinski definition) is 2. The third-order valence-electron chi connectivity index (χ3n) is 4.13. The van der Waals surface area contributed by atoms with Gasteiger partial charge in [0, 0.05) is 6.54 Å². The maximum Gasteiger partial charge on any atom is 0.333 e. The Bertz CT molecular complexity index is 802. The van der Waals surface area contributed by atoms with Crippen LogP contribution in [0.4, 0.5) is 4.39 Å². The zero-order valence-corrected chi connectivity index (χ0v) is 14.2. The van der Waals surface area contributed by atoms with Crippen molar-refractivity contribution in [2.75, 3.05) is 26.3 Å². The van der Waals surface area contributed by atoms with E-state index >= 15 is 0 Å². The Hall–Kier alpha value is -2.86. The molecule has 0 fully saturated rings. The lowest BCUT2D eigenvalue weighted by Gasteiger charge is -2.19. The fraction of sp³-hybridized carbons (Fsp3) is 0.250. The standard InChI is InChI=1S/C20H20FNO4/c21-18-3-1-2-4-19(18)26-12-11-25-15-7-5-14(6-8-15)16-9-10-22-13-17(16)20(23)24/h1-8,22H,9-13H2,(H,23,24). The predicted octanol–water partition coefficient (Wildman–Crippen LogP) is 3.12. The molecule has 1 heterocycles. The number of aliphatic carboxylic acids is 1. The van der Waals surface area contributed by atoms with Crippen LogP contribution < -0.4 is 14.8 Å². The highest BCUT2D eigenvalue weighted by atomic mass is 19.1. The van der Waals surface area contributed by atoms with Crippen molar-refractivity contribution in [3.8, 4) is 11.5 Å². The maximum absolute atomic E-state index is 13.4. The molecule has 0 unspecified atom stereocenters. The minimum absolute atomic E-state index is 0.200. The van der Waals surface area contributed by atoms with E-state index in [0.717, 1.165) is 17.7 Å². The lowest BCUT2D eigenvalue weighted by atomic mass is 9.94. The van der Waals surface area contributed by atoms with Crippen LogP contribution in [0.1, 0.15) is 12.0 Å². The molecule has 0 aliphatic carbocycles. The minimum Gasteiger partial charge on any atom is -0.490 e. The second kappa shape index (κ2) is 8.49. The summed E-state index contributed by atoms with van der Waals surface area (Å²) in [5, 5.41) is 12.4. The average Bonchev–Trinajstić information content (AvgIpc) is 2.67. The van der Waals surface area contributed by atoms with Gasteiger partial charge in [0.1, 0.15) is 19.0 Å². The van der Waals surface area contributed by atoms with Gasteiger partial charge < -0.3 is 19.9 Å². The molecular formula is C20H20FNO4. The minimum atomic E-state index is -0.891. The highest BCUT2D eigenvalue weighted by Crippen LogP contribution is 2.26. The van der Waals surface area contributed by atoms with Crippen LogP contribution in [0.25, 0.3) is 5.57 Å². The van der Waals surface area contributed by atoms with Crippen LogP contribution in [0, 0.1) is 5.82 Å². The quantitative estimate of drug-likeness (QED) is 0.746. The highest BCUT2D eigenvalue weighted by Gasteiger charge is 2.19. The Balaban J connectivity index is 1.56. The van der Waals surface area contributed by atoms with Crippen molar-refractivity contribution in [2.45, 2.75) is 6.42 Å². The second-order valence-electron chi connectivity index (χ2n) is 5.84. The summed E-state index contributed by atoms with van der Waals surface area (Å²) in [4.78, 5) is 11.4. The van der Waals surface area contributed by atoms with Gasteiger partial charge in [0.2, 0.25) is 0 Å². The number of rotatable bonds is 7. The summed E-state index contributed by atoms with van der Waals surface area (Å²) >= 11 is 0. The first kappa shape index (κ1) is 17.9. The van der Waals surface area contributed by atoms with E-state index in [-0.39, 0.29) is 19.0 Å². The third kappa shape index (κ3) is 4.40. The first-order valence-electron chi connectivity index (χ1n) is 8.42. The summed E-state index contributed by atoms with van der Waals surface area (Å²) in [5.74, 6) is -0.443. The molecule has 136 valence electrons. The van der Waals surface area contributed by atoms with Gasteiger partial charge in [-0.3, -0.25) is 0 Å². The number of carboxylic acids is 1. The number of ether oxygens (including phenoxy) is 2. The Labute approximate surface area is 151 Å². The van der Waals surface area contributed by atoms with Gasteiger partial charge in [-0.15, -0.1) is 0 Å². The Kier molecular flexibility index (Phi) is 5.86. The molecule has 0 atom stereocenters. The summed E-state index contributed by atoms with van der Waals surface area (Å²) in [6.45, 7) is 1.64. The van der Waals surface area contributed by atoms with Crippen LogP contribution >= 0.6 is 0 Å². The zero-order chi connectivity index (χ0) is 18.4. The van der Waals surface area contributed by atoms with E-state index < -0.39 is 11.8 Å². The van der Waals surface area contributed by atoms with Crippen LogP contribution in [-0.2, 0) is 4.79 Å². The van der Waals surface area contributed by atoms with E-state index in [1.54, 1.807) is 30.3 Å². The fourth-order valence-corrected chi connectivity index (χ4v) is 2.83. The van der Waals surface area contributed by atoms with Gasteiger partial charge in [0.05, 0.1) is 5.57 Å². The Morgan fingerprint density at radius 1 is 1.08 bits per heavy atom. The van der Waals surface area contributed by atoms with Crippen molar-refractivity contribution in [1.82, 2.24) is 5.32 Å². The van der Waals surface area contributed by atoms with E-state index in [9.17, 15) is 14.3 Å². The molecule has 2 N–H and O–H groups in total. The molecule has 3 rings (SSSR count). The van der Waals surface area contributed by atoms with Crippen LogP contribution in [0.5, 0.6) is 11.5 Å². The van der Waals surface area contributed by atoms with Crippen molar-refractivity contribution in [3.63, 3.8) is 0 Å². The third-order valence-corrected chi connectivity index (χ3v) is 4.13. The van der Waals surface area contributed by atoms with Crippen molar-refractivity contribution in [2.24, 2.45) is 0 Å². The van der Waals surface area contributed by atoms with Gasteiger partial charge in [-0.05, 0) is 48.4 Å². The second-order valence-corrected chi connectivity index (χ2v) is 5.84. The number of carbonyl (C=O) groups is 1. The molecule has 2 aromatic rings. The first-order valence-corrected chi connectivity index (χ1v) is 8.42. The van der Waals surface area contributed by atoms with Crippen molar-refractivity contribution in [1.29, 1.82) is 0 Å². The zero-order valence-electron chi connectivity index (χ0n) is 14.2. The lowest BCUT2D eigenvalue weighted by molar-refractivity contribution is -0.132. The van der Waals surface area contributed by atoms with E-state index in [1.807, 2.05) is 12.1 Å². The summed E-state index contributed by atoms with van der Waals surface area (Å²) in [6, 6.07) is 13.5. The smallest absolute Gasteiger partial charge is 0.333 e. The molecule has 0 aromatic heterocycles. The lowest BCUT2D eigenvalue weighted by Crippen LogP contribution is -2.28. The van der Waals surface area contributed by atoms with Gasteiger partial charge in [-0.2, -0.15) is 0 Å². The van der Waals surface area contributed by atoms with Gasteiger partial charge in [-0.25, -0.2) is 9.18 Å². The molecule has 1 aliphatic rings. The molecule has 5 nitrogen and oxygen atoms in total. The fourth-order valence-electron chi connectivity index (χ4n) is 2.83. The highest BCUT2D eigenvalue weighted by molar-refractivity contribution is 5.97. The molecule has 0 spiro atoms. The number of nitrogens with one attached hydrogen (secondary N) is 1. The first-order chi connectivity index (χ1) is 12.6. The van der Waals surface area contributed by atoms with Crippen molar-refractivity contribution in [3.05, 3.63) is 65.5 Å². The Morgan fingerprint density at radius 2 is 1.81 bits per heavy atom. The number of hydrogen-bond acceptors (Lipinski definition) is 4. The van der Waals surface area contributed by atoms with Crippen LogP contribution in [0.2, 0.25) is 0 Å². The van der Waals surface area contributed by atoms with Crippen molar-refractivity contribution < 1.29 is 23.8 Å². The summed E-state index contributed by atoms with van der Waals surface area (Å²) < 4.78 is 24.4. The monoisotopic (exact) mass is 357 g/mol. The van der Waals surface area contributed by atoms with Gasteiger partial charge in [-0.1, -0.05) is 24.3 Å². The van der Waals surface area contributed by atoms with Crippen LogP contribution in [0.3, 0.4) is 0 Å². The summed E-state index contributed by atoms with van der Waals surface area (Å²) in [6.07, 6.45) is 0.679. The van der Waals surface area contributed by atoms with E-state index in [0.29, 0.717) is 24.3 Å². The molecule has 2 aromatic carbocycles. The largest absolute Gasteiger partial charge is 0.490 e. The van der Waals surface area contributed by atoms with Crippen molar-refractivity contribution >= 4 is 11.5 Å². The molecule has 26 heavy (non-hydrogen) atoms. The number of para-hydroxylation sites is 1. The van der Waals surface area contributed by atoms with Gasteiger partial charge in [0.15, 0.2) is 11.6 Å². The average molecular weight is 357 g/mol. The number of halogens is 1. The Morgan fingerprint density at radius 3 is 2.54 bits per heavy atom. The van der Waals surface area contributed by atoms with Crippen LogP contribution in [0.15, 0.2) is 54.1 Å². The molecule has 6 heteroatoms. The molecule has 0 saturated heterocycles. The SMILES string of the molecule is O=C(O)C1=C(c2ccc(OCCOc3ccccc3F)cc2)CCNC1. The van der Waals surface area contributed by atoms with E-state index in [4.69, 9.17) is 9.47 Å². The van der Waals surface area contributed by atoms with E-state index in [1.165, 1.54) is 6.07 Å². The summed E-state index contributed by atoms with van der Waals surface area (Å²) in [7, 11) is 0. The van der Waals surface area contributed by atoms with E-state index in [2.05, 4.69) is 5.32 Å². The summed E-state index contributed by atoms with van der Waals surface area (Å²) in [5.41, 5.74) is 2.15. The van der Waals surface area contributed by atoms with Gasteiger partial charge in [0.25, 0.3) is 0 Å². The number of benzene rings is 2. The molecule has 0 saturated carbocycles. The molecular weight excluding hydrogens is 337 g/mol. The molecule has 1 aliphatic heterocycles. The molecule has 0 bridgehead atoms. The molecule has 0 amide bonds. The predicted molar refractivity (Wildman–Crippen MR) is 95.9 cm³/mol.